The molecule has 0 aromatic heterocycles. The molecule has 0 saturated heterocycles. The number of unbranched alkanes of at least 4 members (excludes halogenated alkanes) is 19. The van der Waals surface area contributed by atoms with Crippen molar-refractivity contribution < 1.29 is 19.1 Å². The van der Waals surface area contributed by atoms with Crippen LogP contribution >= 0.6 is 0 Å². The van der Waals surface area contributed by atoms with Gasteiger partial charge in [-0.2, -0.15) is 0 Å². The van der Waals surface area contributed by atoms with E-state index in [4.69, 9.17) is 0 Å². The summed E-state index contributed by atoms with van der Waals surface area (Å²) in [6.45, 7) is 13.4. The van der Waals surface area contributed by atoms with Crippen LogP contribution in [0.4, 0.5) is 0 Å². The van der Waals surface area contributed by atoms with E-state index in [0.29, 0.717) is 0 Å². The molecule has 1 aliphatic rings. The van der Waals surface area contributed by atoms with Crippen molar-refractivity contribution in [2.75, 3.05) is 0 Å². The van der Waals surface area contributed by atoms with Crippen LogP contribution in [0.3, 0.4) is 0 Å². The number of allylic oxidation sites excluding steroid dienone is 2. The summed E-state index contributed by atoms with van der Waals surface area (Å²) in [7, 11) is 0. The van der Waals surface area contributed by atoms with Crippen LogP contribution < -0.4 is 0 Å². The van der Waals surface area contributed by atoms with Gasteiger partial charge >= 0.3 is 64.8 Å². The molecule has 0 saturated carbocycles. The zero-order chi connectivity index (χ0) is 39.8. The Labute approximate surface area is 347 Å². The van der Waals surface area contributed by atoms with Crippen molar-refractivity contribution in [3.8, 4) is 11.8 Å². The molecule has 0 bridgehead atoms. The fraction of sp³-hybridized carbons (Fsp3) is 0.654. The molecule has 0 N–H and O–H groups in total. The quantitative estimate of drug-likeness (QED) is 0.0339. The van der Waals surface area contributed by atoms with Crippen LogP contribution in [0.5, 0.6) is 0 Å². The third-order valence-corrected chi connectivity index (χ3v) is 12.2. The number of hydrogen-bond acceptors (Lipinski definition) is 0. The molecule has 1 aliphatic heterocycles. The SMILES string of the molecule is CCCCCCCCCCCCCCCCCCC#CC1=C(c2cccc(CC)c2)[N+](=[N-])C(c2cccc(CC)c2)=C1CCCC.CCC[CH2][Ni][CH2]CCC. The molecule has 2 aromatic carbocycles. The van der Waals surface area contributed by atoms with Gasteiger partial charge in [-0.25, -0.2) is 4.70 Å². The van der Waals surface area contributed by atoms with Crippen LogP contribution in [-0.2, 0) is 27.3 Å². The summed E-state index contributed by atoms with van der Waals surface area (Å²) in [5, 5.41) is 2.78. The molecule has 3 rings (SSSR count). The molecule has 310 valence electrons. The molecule has 1 heterocycles. The number of rotatable bonds is 29. The summed E-state index contributed by atoms with van der Waals surface area (Å²) < 4.78 is 1.45. The van der Waals surface area contributed by atoms with E-state index in [1.807, 2.05) is 14.4 Å². The van der Waals surface area contributed by atoms with Gasteiger partial charge in [-0.3, -0.25) is 0 Å². The van der Waals surface area contributed by atoms with Gasteiger partial charge in [0.15, 0.2) is 0 Å². The molecule has 0 aliphatic carbocycles. The molecule has 3 heteroatoms. The average Bonchev–Trinajstić information content (AvgIpc) is 3.49. The Morgan fingerprint density at radius 1 is 0.509 bits per heavy atom. The Kier molecular flexibility index (Phi) is 28.9. The van der Waals surface area contributed by atoms with E-state index in [9.17, 15) is 5.53 Å². The minimum absolute atomic E-state index is 0.845. The molecule has 0 unspecified atom stereocenters. The van der Waals surface area contributed by atoms with Crippen molar-refractivity contribution in [1.82, 2.24) is 0 Å². The first-order valence-electron chi connectivity index (χ1n) is 23.1. The standard InChI is InChI=1S/C44H64N2.2C4H9.Ni/c1-5-9-11-12-13-14-15-16-17-18-19-20-21-22-23-24-25-26-34-42-41(33-10-6-2)43(39-31-27-29-37(7-3)35-39)46(45)44(42)40-32-28-30-38(8-4)36-40;2*1-3-4-2;/h27-32,35-36H,5-25,33H2,1-4H3;2*1,3-4H2,2H3;. The first kappa shape index (κ1) is 48.7. The van der Waals surface area contributed by atoms with Gasteiger partial charge in [0.2, 0.25) is 11.4 Å². The maximum atomic E-state index is 11.8. The van der Waals surface area contributed by atoms with Gasteiger partial charge in [0.25, 0.3) is 0 Å². The first-order chi connectivity index (χ1) is 27.1. The monoisotopic (exact) mass is 793 g/mol. The molecule has 0 atom stereocenters. The molecule has 0 radical (unpaired) electrons. The summed E-state index contributed by atoms with van der Waals surface area (Å²) in [5.41, 5.74) is 20.5. The fourth-order valence-corrected chi connectivity index (χ4v) is 8.59. The first-order valence-corrected chi connectivity index (χ1v) is 24.5. The third kappa shape index (κ3) is 20.0. The molecule has 2 aromatic rings. The Bertz CT molecular complexity index is 1430. The van der Waals surface area contributed by atoms with Crippen molar-refractivity contribution in [2.24, 2.45) is 0 Å². The molecule has 0 spiro atoms. The second kappa shape index (κ2) is 32.6. The molecule has 2 nitrogen and oxygen atoms in total. The Balaban J connectivity index is 0.00000103. The summed E-state index contributed by atoms with van der Waals surface area (Å²) >= 11 is 1.94. The zero-order valence-electron chi connectivity index (χ0n) is 36.6. The van der Waals surface area contributed by atoms with Gasteiger partial charge in [-0.05, 0) is 67.5 Å². The van der Waals surface area contributed by atoms with Crippen LogP contribution in [-0.4, -0.2) is 4.70 Å². The van der Waals surface area contributed by atoms with Crippen LogP contribution in [0.15, 0.2) is 59.7 Å². The van der Waals surface area contributed by atoms with Crippen LogP contribution in [0.2, 0.25) is 10.8 Å². The van der Waals surface area contributed by atoms with Gasteiger partial charge in [-0.15, -0.1) is 0 Å². The number of nitrogens with zero attached hydrogens (tertiary/aromatic N) is 2. The summed E-state index contributed by atoms with van der Waals surface area (Å²) in [4.78, 5) is 0. The minimum atomic E-state index is 0.845. The normalized spacial score (nSPS) is 12.7. The Morgan fingerprint density at radius 3 is 1.40 bits per heavy atom. The predicted molar refractivity (Wildman–Crippen MR) is 240 cm³/mol. The fourth-order valence-electron chi connectivity index (χ4n) is 7.15. The van der Waals surface area contributed by atoms with Crippen molar-refractivity contribution in [3.63, 3.8) is 0 Å². The summed E-state index contributed by atoms with van der Waals surface area (Å²) in [6, 6.07) is 17.3. The predicted octanol–water partition coefficient (Wildman–Crippen LogP) is 17.3. The topological polar surface area (TPSA) is 25.3 Å². The van der Waals surface area contributed by atoms with E-state index in [-0.39, 0.29) is 0 Å². The van der Waals surface area contributed by atoms with Crippen molar-refractivity contribution in [2.45, 2.75) is 219 Å². The molecule has 0 fully saturated rings. The van der Waals surface area contributed by atoms with E-state index in [1.54, 1.807) is 0 Å². The molecule has 55 heavy (non-hydrogen) atoms. The van der Waals surface area contributed by atoms with Crippen LogP contribution in [0, 0.1) is 11.8 Å². The Hall–Kier alpha value is -2.43. The molecule has 0 amide bonds. The maximum absolute atomic E-state index is 11.8. The Morgan fingerprint density at radius 2 is 0.945 bits per heavy atom. The van der Waals surface area contributed by atoms with Gasteiger partial charge in [0.05, 0.1) is 0 Å². The number of aryl methyl sites for hydroxylation is 2. The van der Waals surface area contributed by atoms with Crippen LogP contribution in [0.1, 0.15) is 218 Å². The third-order valence-electron chi connectivity index (χ3n) is 10.8. The van der Waals surface area contributed by atoms with Crippen molar-refractivity contribution in [3.05, 3.63) is 87.5 Å². The van der Waals surface area contributed by atoms with E-state index in [0.717, 1.165) is 73.0 Å². The van der Waals surface area contributed by atoms with E-state index >= 15 is 0 Å². The van der Waals surface area contributed by atoms with Crippen molar-refractivity contribution >= 4 is 11.4 Å². The van der Waals surface area contributed by atoms with Gasteiger partial charge in [0.1, 0.15) is 5.57 Å². The van der Waals surface area contributed by atoms with E-state index in [1.165, 1.54) is 154 Å². The molecular weight excluding hydrogens is 711 g/mol. The van der Waals surface area contributed by atoms with E-state index < -0.39 is 0 Å². The summed E-state index contributed by atoms with van der Waals surface area (Å²) in [5.74, 6) is 7.15. The number of hydrogen-bond donors (Lipinski definition) is 0. The number of benzene rings is 2. The summed E-state index contributed by atoms with van der Waals surface area (Å²) in [6.07, 6.45) is 33.6. The second-order valence-corrected chi connectivity index (χ2v) is 17.1. The molecular formula is C52H82N2Ni. The zero-order valence-corrected chi connectivity index (χ0v) is 37.6. The van der Waals surface area contributed by atoms with Crippen LogP contribution in [0.25, 0.3) is 16.9 Å². The van der Waals surface area contributed by atoms with Gasteiger partial charge < -0.3 is 5.53 Å². The van der Waals surface area contributed by atoms with Gasteiger partial charge in [0, 0.05) is 23.1 Å². The van der Waals surface area contributed by atoms with Crippen molar-refractivity contribution in [1.29, 1.82) is 0 Å². The average molecular weight is 794 g/mol. The van der Waals surface area contributed by atoms with Gasteiger partial charge in [-0.1, -0.05) is 167 Å². The second-order valence-electron chi connectivity index (χ2n) is 15.6. The van der Waals surface area contributed by atoms with E-state index in [2.05, 4.69) is 102 Å².